The van der Waals surface area contributed by atoms with Gasteiger partial charge in [0.15, 0.2) is 0 Å². The summed E-state index contributed by atoms with van der Waals surface area (Å²) < 4.78 is 11.1. The maximum Gasteiger partial charge on any atom is 0.416 e. The fourth-order valence-corrected chi connectivity index (χ4v) is 3.74. The standard InChI is InChI=1S/C17H23N3O3.2ClH/c21-16-20(12-17(23-16)6-10-22-11-7-17)15-3-1-2-14(19-15)13-4-8-18-9-5-13;;/h1-3,13,18H,4-12H2;2*1H. The largest absolute Gasteiger partial charge is 0.440 e. The summed E-state index contributed by atoms with van der Waals surface area (Å²) in [7, 11) is 0. The predicted octanol–water partition coefficient (Wildman–Crippen LogP) is 2.90. The van der Waals surface area contributed by atoms with Gasteiger partial charge in [0.25, 0.3) is 0 Å². The van der Waals surface area contributed by atoms with Gasteiger partial charge in [-0.1, -0.05) is 6.07 Å². The molecule has 0 aromatic carbocycles. The zero-order valence-electron chi connectivity index (χ0n) is 14.1. The Kier molecular flexibility index (Phi) is 6.91. The third kappa shape index (κ3) is 4.19. The highest BCUT2D eigenvalue weighted by atomic mass is 35.5. The van der Waals surface area contributed by atoms with Crippen molar-refractivity contribution in [2.75, 3.05) is 37.7 Å². The van der Waals surface area contributed by atoms with E-state index < -0.39 is 0 Å². The first kappa shape index (κ1) is 20.2. The van der Waals surface area contributed by atoms with Crippen molar-refractivity contribution in [3.05, 3.63) is 23.9 Å². The highest BCUT2D eigenvalue weighted by Crippen LogP contribution is 2.35. The van der Waals surface area contributed by atoms with Gasteiger partial charge in [-0.15, -0.1) is 24.8 Å². The molecule has 8 heteroatoms. The number of rotatable bonds is 2. The second kappa shape index (κ2) is 8.54. The lowest BCUT2D eigenvalue weighted by Crippen LogP contribution is -2.40. The lowest BCUT2D eigenvalue weighted by Gasteiger charge is -2.30. The summed E-state index contributed by atoms with van der Waals surface area (Å²) in [6, 6.07) is 5.98. The monoisotopic (exact) mass is 389 g/mol. The number of pyridine rings is 1. The van der Waals surface area contributed by atoms with Crippen LogP contribution in [-0.2, 0) is 9.47 Å². The van der Waals surface area contributed by atoms with E-state index in [-0.39, 0.29) is 36.5 Å². The molecule has 0 saturated carbocycles. The van der Waals surface area contributed by atoms with Crippen molar-refractivity contribution in [3.63, 3.8) is 0 Å². The molecule has 3 aliphatic rings. The number of aromatic nitrogens is 1. The van der Waals surface area contributed by atoms with Crippen molar-refractivity contribution in [2.45, 2.75) is 37.2 Å². The number of nitrogens with one attached hydrogen (secondary N) is 1. The van der Waals surface area contributed by atoms with Crippen LogP contribution < -0.4 is 10.2 Å². The Morgan fingerprint density at radius 1 is 1.16 bits per heavy atom. The third-order valence-electron chi connectivity index (χ3n) is 5.16. The summed E-state index contributed by atoms with van der Waals surface area (Å²) >= 11 is 0. The number of hydrogen-bond donors (Lipinski definition) is 1. The van der Waals surface area contributed by atoms with Crippen LogP contribution in [-0.4, -0.2) is 49.5 Å². The molecule has 6 nitrogen and oxygen atoms in total. The first-order valence-electron chi connectivity index (χ1n) is 8.52. The molecule has 1 N–H and O–H groups in total. The Bertz CT molecular complexity index is 590. The summed E-state index contributed by atoms with van der Waals surface area (Å²) in [5, 5.41) is 3.38. The molecule has 4 rings (SSSR count). The van der Waals surface area contributed by atoms with E-state index in [1.54, 1.807) is 4.90 Å². The summed E-state index contributed by atoms with van der Waals surface area (Å²) in [4.78, 5) is 18.8. The van der Waals surface area contributed by atoms with E-state index in [4.69, 9.17) is 14.5 Å². The zero-order valence-corrected chi connectivity index (χ0v) is 15.7. The Labute approximate surface area is 160 Å². The van der Waals surface area contributed by atoms with Crippen LogP contribution >= 0.6 is 24.8 Å². The van der Waals surface area contributed by atoms with Crippen LogP contribution in [0.1, 0.15) is 37.3 Å². The molecule has 0 bridgehead atoms. The van der Waals surface area contributed by atoms with Gasteiger partial charge in [-0.25, -0.2) is 9.78 Å². The molecule has 3 aliphatic heterocycles. The van der Waals surface area contributed by atoms with Crippen LogP contribution in [0.15, 0.2) is 18.2 Å². The van der Waals surface area contributed by atoms with E-state index in [9.17, 15) is 4.79 Å². The van der Waals surface area contributed by atoms with Gasteiger partial charge in [0.2, 0.25) is 0 Å². The lowest BCUT2D eigenvalue weighted by molar-refractivity contribution is -0.0431. The van der Waals surface area contributed by atoms with Gasteiger partial charge in [0.05, 0.1) is 19.8 Å². The fourth-order valence-electron chi connectivity index (χ4n) is 3.74. The second-order valence-electron chi connectivity index (χ2n) is 6.69. The second-order valence-corrected chi connectivity index (χ2v) is 6.69. The molecule has 1 aromatic heterocycles. The van der Waals surface area contributed by atoms with Crippen molar-refractivity contribution in [1.29, 1.82) is 0 Å². The fraction of sp³-hybridized carbons (Fsp3) is 0.647. The van der Waals surface area contributed by atoms with Crippen LogP contribution in [0.4, 0.5) is 10.6 Å². The number of carbonyl (C=O) groups excluding carboxylic acids is 1. The maximum atomic E-state index is 12.3. The maximum absolute atomic E-state index is 12.3. The highest BCUT2D eigenvalue weighted by Gasteiger charge is 2.47. The molecule has 0 unspecified atom stereocenters. The number of carbonyl (C=O) groups is 1. The number of hydrogen-bond acceptors (Lipinski definition) is 5. The van der Waals surface area contributed by atoms with Gasteiger partial charge in [-0.3, -0.25) is 4.90 Å². The van der Waals surface area contributed by atoms with E-state index >= 15 is 0 Å². The SMILES string of the molecule is Cl.Cl.O=C1OC2(CCOCC2)CN1c1cccc(C2CCNCC2)n1. The molecule has 3 fully saturated rings. The van der Waals surface area contributed by atoms with Gasteiger partial charge >= 0.3 is 6.09 Å². The minimum Gasteiger partial charge on any atom is -0.440 e. The van der Waals surface area contributed by atoms with E-state index in [0.29, 0.717) is 25.7 Å². The number of ether oxygens (including phenoxy) is 2. The smallest absolute Gasteiger partial charge is 0.416 e. The Morgan fingerprint density at radius 3 is 2.60 bits per heavy atom. The number of anilines is 1. The van der Waals surface area contributed by atoms with Gasteiger partial charge in [0.1, 0.15) is 11.4 Å². The van der Waals surface area contributed by atoms with Crippen LogP contribution in [0.5, 0.6) is 0 Å². The lowest BCUT2D eigenvalue weighted by atomic mass is 9.94. The first-order valence-corrected chi connectivity index (χ1v) is 8.52. The molecule has 1 spiro atoms. The van der Waals surface area contributed by atoms with Gasteiger partial charge in [0, 0.05) is 24.5 Å². The molecule has 1 amide bonds. The Balaban J connectivity index is 0.00000113. The first-order chi connectivity index (χ1) is 11.3. The number of halogens is 2. The molecular weight excluding hydrogens is 365 g/mol. The van der Waals surface area contributed by atoms with Crippen LogP contribution in [0, 0.1) is 0 Å². The minimum atomic E-state index is -0.387. The van der Waals surface area contributed by atoms with E-state index in [0.717, 1.165) is 50.3 Å². The average molecular weight is 390 g/mol. The molecule has 0 aliphatic carbocycles. The minimum absolute atomic E-state index is 0. The topological polar surface area (TPSA) is 63.7 Å². The van der Waals surface area contributed by atoms with Gasteiger partial charge in [-0.2, -0.15) is 0 Å². The molecule has 1 aromatic rings. The van der Waals surface area contributed by atoms with Gasteiger partial charge < -0.3 is 14.8 Å². The summed E-state index contributed by atoms with van der Waals surface area (Å²) in [5.74, 6) is 1.20. The van der Waals surface area contributed by atoms with Crippen LogP contribution in [0.3, 0.4) is 0 Å². The Morgan fingerprint density at radius 2 is 1.88 bits per heavy atom. The Hall–Kier alpha value is -1.08. The third-order valence-corrected chi connectivity index (χ3v) is 5.16. The quantitative estimate of drug-likeness (QED) is 0.842. The summed E-state index contributed by atoms with van der Waals surface area (Å²) in [6.45, 7) is 3.96. The zero-order chi connectivity index (χ0) is 15.7. The van der Waals surface area contributed by atoms with Crippen molar-refractivity contribution in [1.82, 2.24) is 10.3 Å². The van der Waals surface area contributed by atoms with Crippen molar-refractivity contribution in [2.24, 2.45) is 0 Å². The molecular formula is C17H25Cl2N3O3. The molecule has 140 valence electrons. The van der Waals surface area contributed by atoms with Crippen LogP contribution in [0.2, 0.25) is 0 Å². The molecule has 25 heavy (non-hydrogen) atoms. The van der Waals surface area contributed by atoms with Crippen LogP contribution in [0.25, 0.3) is 0 Å². The highest BCUT2D eigenvalue weighted by molar-refractivity contribution is 5.89. The summed E-state index contributed by atoms with van der Waals surface area (Å²) in [6.07, 6.45) is 3.46. The molecule has 4 heterocycles. The van der Waals surface area contributed by atoms with E-state index in [1.807, 2.05) is 12.1 Å². The summed E-state index contributed by atoms with van der Waals surface area (Å²) in [5.41, 5.74) is 0.701. The number of amides is 1. The van der Waals surface area contributed by atoms with Gasteiger partial charge in [-0.05, 0) is 38.1 Å². The normalized spacial score (nSPS) is 22.9. The van der Waals surface area contributed by atoms with Crippen molar-refractivity contribution < 1.29 is 14.3 Å². The molecule has 0 atom stereocenters. The average Bonchev–Trinajstić information content (AvgIpc) is 2.92. The van der Waals surface area contributed by atoms with E-state index in [1.165, 1.54) is 0 Å². The molecule has 0 radical (unpaired) electrons. The number of piperidine rings is 1. The van der Waals surface area contributed by atoms with E-state index in [2.05, 4.69) is 11.4 Å². The predicted molar refractivity (Wildman–Crippen MR) is 100 cm³/mol. The molecule has 3 saturated heterocycles. The van der Waals surface area contributed by atoms with Crippen molar-refractivity contribution >= 4 is 36.7 Å². The van der Waals surface area contributed by atoms with Crippen molar-refractivity contribution in [3.8, 4) is 0 Å². The number of nitrogens with zero attached hydrogens (tertiary/aromatic N) is 2.